The number of anilines is 1. The zero-order chi connectivity index (χ0) is 32.8. The standard InChI is InChI=1S/C33H43N3O7S/c1-22-15-23(2)17-26(16-22)36(44(39,40)28-13-14-29(42-8)30(19-28)43-9)21-31(37)35(24(3)32(38)34-33(4,5)6)20-25-11-10-12-27(18-25)41-7/h10-19,24H,20-21H2,1-9H3,(H,34,38)/t24-/m1/s1. The number of sulfonamides is 1. The summed E-state index contributed by atoms with van der Waals surface area (Å²) in [6.07, 6.45) is 0. The SMILES string of the molecule is COc1cccc(CN(C(=O)CN(c2cc(C)cc(C)c2)S(=O)(=O)c2ccc(OC)c(OC)c2)[C@H](C)C(=O)NC(C)(C)C)c1. The molecule has 10 nitrogen and oxygen atoms in total. The molecule has 0 bridgehead atoms. The zero-order valence-corrected chi connectivity index (χ0v) is 27.7. The van der Waals surface area contributed by atoms with E-state index < -0.39 is 34.1 Å². The number of nitrogens with zero attached hydrogens (tertiary/aromatic N) is 2. The molecule has 1 atom stereocenters. The number of hydrogen-bond acceptors (Lipinski definition) is 7. The van der Waals surface area contributed by atoms with Gasteiger partial charge in [0.05, 0.1) is 31.9 Å². The first kappa shape index (κ1) is 34.2. The van der Waals surface area contributed by atoms with Gasteiger partial charge in [0.1, 0.15) is 18.3 Å². The number of rotatable bonds is 12. The summed E-state index contributed by atoms with van der Waals surface area (Å²) >= 11 is 0. The molecule has 0 saturated heterocycles. The molecular formula is C33H43N3O7S. The minimum absolute atomic E-state index is 0.0475. The minimum atomic E-state index is -4.30. The lowest BCUT2D eigenvalue weighted by molar-refractivity contribution is -0.140. The number of aryl methyl sites for hydroxylation is 2. The quantitative estimate of drug-likeness (QED) is 0.306. The number of benzene rings is 3. The maximum atomic E-state index is 14.3. The van der Waals surface area contributed by atoms with Crippen LogP contribution in [-0.4, -0.2) is 64.6 Å². The van der Waals surface area contributed by atoms with Gasteiger partial charge in [-0.2, -0.15) is 0 Å². The van der Waals surface area contributed by atoms with Crippen molar-refractivity contribution in [2.24, 2.45) is 0 Å². The lowest BCUT2D eigenvalue weighted by Gasteiger charge is -2.33. The Morgan fingerprint density at radius 2 is 1.50 bits per heavy atom. The van der Waals surface area contributed by atoms with E-state index in [1.165, 1.54) is 37.3 Å². The van der Waals surface area contributed by atoms with E-state index >= 15 is 0 Å². The molecule has 0 aliphatic carbocycles. The number of hydrogen-bond donors (Lipinski definition) is 1. The van der Waals surface area contributed by atoms with E-state index in [1.807, 2.05) is 46.8 Å². The molecule has 2 amide bonds. The van der Waals surface area contributed by atoms with E-state index in [2.05, 4.69) is 5.32 Å². The van der Waals surface area contributed by atoms with Crippen molar-refractivity contribution in [1.82, 2.24) is 10.2 Å². The van der Waals surface area contributed by atoms with Gasteiger partial charge in [0.2, 0.25) is 11.8 Å². The van der Waals surface area contributed by atoms with Crippen LogP contribution in [0.4, 0.5) is 5.69 Å². The molecule has 0 radical (unpaired) electrons. The van der Waals surface area contributed by atoms with Crippen LogP contribution in [-0.2, 0) is 26.2 Å². The number of methoxy groups -OCH3 is 3. The largest absolute Gasteiger partial charge is 0.497 e. The predicted octanol–water partition coefficient (Wildman–Crippen LogP) is 4.86. The Morgan fingerprint density at radius 1 is 0.864 bits per heavy atom. The number of amides is 2. The molecule has 0 aromatic heterocycles. The van der Waals surface area contributed by atoms with Gasteiger partial charge < -0.3 is 24.4 Å². The number of ether oxygens (including phenoxy) is 3. The Morgan fingerprint density at radius 3 is 2.07 bits per heavy atom. The Bertz CT molecular complexity index is 1580. The molecule has 3 aromatic rings. The fourth-order valence-corrected chi connectivity index (χ4v) is 6.17. The molecule has 0 spiro atoms. The Kier molecular flexibility index (Phi) is 10.9. The van der Waals surface area contributed by atoms with Crippen LogP contribution in [0, 0.1) is 13.8 Å². The number of carbonyl (C=O) groups is 2. The van der Waals surface area contributed by atoms with Crippen LogP contribution in [0.5, 0.6) is 17.2 Å². The molecule has 0 fully saturated rings. The second kappa shape index (κ2) is 14.0. The summed E-state index contributed by atoms with van der Waals surface area (Å²) in [6.45, 7) is 10.4. The summed E-state index contributed by atoms with van der Waals surface area (Å²) in [5.41, 5.74) is 2.14. The highest BCUT2D eigenvalue weighted by atomic mass is 32.2. The highest BCUT2D eigenvalue weighted by molar-refractivity contribution is 7.92. The highest BCUT2D eigenvalue weighted by Gasteiger charge is 2.34. The topological polar surface area (TPSA) is 114 Å². The van der Waals surface area contributed by atoms with Crippen molar-refractivity contribution in [2.45, 2.75) is 64.6 Å². The van der Waals surface area contributed by atoms with Crippen molar-refractivity contribution in [1.29, 1.82) is 0 Å². The van der Waals surface area contributed by atoms with Crippen LogP contribution in [0.15, 0.2) is 65.6 Å². The molecule has 0 saturated carbocycles. The van der Waals surface area contributed by atoms with Crippen LogP contribution >= 0.6 is 0 Å². The van der Waals surface area contributed by atoms with Gasteiger partial charge in [0, 0.05) is 18.2 Å². The normalized spacial score (nSPS) is 12.2. The van der Waals surface area contributed by atoms with Crippen LogP contribution in [0.1, 0.15) is 44.4 Å². The van der Waals surface area contributed by atoms with Crippen molar-refractivity contribution >= 4 is 27.5 Å². The van der Waals surface area contributed by atoms with E-state index in [0.717, 1.165) is 15.4 Å². The molecule has 11 heteroatoms. The second-order valence-electron chi connectivity index (χ2n) is 11.7. The van der Waals surface area contributed by atoms with Gasteiger partial charge in [-0.25, -0.2) is 8.42 Å². The lowest BCUT2D eigenvalue weighted by Crippen LogP contribution is -2.54. The average molecular weight is 626 g/mol. The summed E-state index contributed by atoms with van der Waals surface area (Å²) < 4.78 is 45.6. The van der Waals surface area contributed by atoms with E-state index in [-0.39, 0.29) is 23.1 Å². The van der Waals surface area contributed by atoms with Crippen LogP contribution in [0.3, 0.4) is 0 Å². The van der Waals surface area contributed by atoms with E-state index in [9.17, 15) is 18.0 Å². The maximum absolute atomic E-state index is 14.3. The third-order valence-electron chi connectivity index (χ3n) is 6.87. The maximum Gasteiger partial charge on any atom is 0.264 e. The third kappa shape index (κ3) is 8.43. The molecular weight excluding hydrogens is 582 g/mol. The van der Waals surface area contributed by atoms with Gasteiger partial charge in [-0.05, 0) is 94.6 Å². The molecule has 44 heavy (non-hydrogen) atoms. The first-order chi connectivity index (χ1) is 20.6. The monoisotopic (exact) mass is 625 g/mol. The van der Waals surface area contributed by atoms with Crippen LogP contribution in [0.25, 0.3) is 0 Å². The summed E-state index contributed by atoms with van der Waals surface area (Å²) in [6, 6.07) is 15.9. The molecule has 0 heterocycles. The van der Waals surface area contributed by atoms with E-state index in [4.69, 9.17) is 14.2 Å². The Labute approximate surface area is 261 Å². The van der Waals surface area contributed by atoms with Crippen molar-refractivity contribution in [3.8, 4) is 17.2 Å². The van der Waals surface area contributed by atoms with Gasteiger partial charge >= 0.3 is 0 Å². The molecule has 238 valence electrons. The van der Waals surface area contributed by atoms with Crippen molar-refractivity contribution < 1.29 is 32.2 Å². The third-order valence-corrected chi connectivity index (χ3v) is 8.64. The summed E-state index contributed by atoms with van der Waals surface area (Å²) in [4.78, 5) is 28.9. The first-order valence-corrected chi connectivity index (χ1v) is 15.6. The molecule has 1 N–H and O–H groups in total. The second-order valence-corrected chi connectivity index (χ2v) is 13.5. The number of carbonyl (C=O) groups excluding carboxylic acids is 2. The summed E-state index contributed by atoms with van der Waals surface area (Å²) in [5.74, 6) is 0.257. The summed E-state index contributed by atoms with van der Waals surface area (Å²) in [7, 11) is 0.117. The molecule has 0 unspecified atom stereocenters. The molecule has 0 aliphatic rings. The molecule has 0 aliphatic heterocycles. The number of nitrogens with one attached hydrogen (secondary N) is 1. The van der Waals surface area contributed by atoms with Gasteiger partial charge in [-0.15, -0.1) is 0 Å². The van der Waals surface area contributed by atoms with Gasteiger partial charge in [-0.1, -0.05) is 18.2 Å². The van der Waals surface area contributed by atoms with Gasteiger partial charge in [-0.3, -0.25) is 13.9 Å². The van der Waals surface area contributed by atoms with Crippen molar-refractivity contribution in [2.75, 3.05) is 32.2 Å². The van der Waals surface area contributed by atoms with Crippen LogP contribution in [0.2, 0.25) is 0 Å². The highest BCUT2D eigenvalue weighted by Crippen LogP contribution is 2.33. The van der Waals surface area contributed by atoms with Crippen LogP contribution < -0.4 is 23.8 Å². The first-order valence-electron chi connectivity index (χ1n) is 14.2. The predicted molar refractivity (Wildman–Crippen MR) is 171 cm³/mol. The zero-order valence-electron chi connectivity index (χ0n) is 26.9. The Balaban J connectivity index is 2.13. The smallest absolute Gasteiger partial charge is 0.264 e. The molecule has 3 rings (SSSR count). The molecule has 3 aromatic carbocycles. The fourth-order valence-electron chi connectivity index (χ4n) is 4.75. The Hall–Kier alpha value is -4.25. The summed E-state index contributed by atoms with van der Waals surface area (Å²) in [5, 5.41) is 2.93. The fraction of sp³-hybridized carbons (Fsp3) is 0.394. The van der Waals surface area contributed by atoms with E-state index in [1.54, 1.807) is 44.4 Å². The average Bonchev–Trinajstić information content (AvgIpc) is 2.96. The lowest BCUT2D eigenvalue weighted by atomic mass is 10.1. The van der Waals surface area contributed by atoms with E-state index in [0.29, 0.717) is 22.7 Å². The van der Waals surface area contributed by atoms with Gasteiger partial charge in [0.25, 0.3) is 10.0 Å². The minimum Gasteiger partial charge on any atom is -0.497 e. The van der Waals surface area contributed by atoms with Gasteiger partial charge in [0.15, 0.2) is 11.5 Å². The van der Waals surface area contributed by atoms with Crippen molar-refractivity contribution in [3.05, 3.63) is 77.4 Å². The van der Waals surface area contributed by atoms with Crippen molar-refractivity contribution in [3.63, 3.8) is 0 Å².